The van der Waals surface area contributed by atoms with E-state index in [9.17, 15) is 14.7 Å². The largest absolute Gasteiger partial charge is 0.445 e. The predicted octanol–water partition coefficient (Wildman–Crippen LogP) is 1.22. The van der Waals surface area contributed by atoms with Gasteiger partial charge in [-0.1, -0.05) is 46.3 Å². The van der Waals surface area contributed by atoms with Gasteiger partial charge in [-0.25, -0.2) is 4.79 Å². The van der Waals surface area contributed by atoms with E-state index in [1.165, 1.54) is 4.90 Å². The highest BCUT2D eigenvalue weighted by Gasteiger charge is 2.32. The second kappa shape index (κ2) is 8.14. The molecule has 0 unspecified atom stereocenters. The molecule has 1 aliphatic heterocycles. The van der Waals surface area contributed by atoms with Crippen LogP contribution < -0.4 is 0 Å². The quantitative estimate of drug-likeness (QED) is 0.809. The summed E-state index contributed by atoms with van der Waals surface area (Å²) in [5.74, 6) is -0.0867. The minimum Gasteiger partial charge on any atom is -0.445 e. The highest BCUT2D eigenvalue weighted by Crippen LogP contribution is 2.13. The molecule has 1 atom stereocenters. The smallest absolute Gasteiger partial charge is 0.410 e. The van der Waals surface area contributed by atoms with E-state index in [1.54, 1.807) is 4.90 Å². The average Bonchev–Trinajstić information content (AvgIpc) is 2.59. The van der Waals surface area contributed by atoms with E-state index < -0.39 is 6.09 Å². The summed E-state index contributed by atoms with van der Waals surface area (Å²) in [6.07, 6.45) is -0.423. The molecule has 1 heterocycles. The number of halogens is 1. The Morgan fingerprint density at radius 2 is 2.00 bits per heavy atom. The summed E-state index contributed by atoms with van der Waals surface area (Å²) in [6, 6.07) is 9.05. The lowest BCUT2D eigenvalue weighted by molar-refractivity contribution is -0.134. The molecule has 1 aromatic rings. The second-order valence-corrected chi connectivity index (χ2v) is 5.60. The summed E-state index contributed by atoms with van der Waals surface area (Å²) in [4.78, 5) is 27.0. The molecule has 0 spiro atoms. The average molecular weight is 371 g/mol. The van der Waals surface area contributed by atoms with Crippen molar-refractivity contribution in [2.24, 2.45) is 0 Å². The van der Waals surface area contributed by atoms with Crippen LogP contribution in [0, 0.1) is 0 Å². The van der Waals surface area contributed by atoms with Crippen molar-refractivity contribution in [2.45, 2.75) is 12.6 Å². The number of ether oxygens (including phenoxy) is 1. The van der Waals surface area contributed by atoms with Gasteiger partial charge < -0.3 is 19.6 Å². The third-order valence-electron chi connectivity index (χ3n) is 3.59. The van der Waals surface area contributed by atoms with E-state index >= 15 is 0 Å². The Morgan fingerprint density at radius 3 is 2.64 bits per heavy atom. The van der Waals surface area contributed by atoms with Crippen molar-refractivity contribution in [3.63, 3.8) is 0 Å². The fourth-order valence-corrected chi connectivity index (χ4v) is 2.72. The van der Waals surface area contributed by atoms with Gasteiger partial charge in [-0.15, -0.1) is 0 Å². The molecule has 6 nitrogen and oxygen atoms in total. The molecule has 1 saturated heterocycles. The fraction of sp³-hybridized carbons (Fsp3) is 0.467. The first kappa shape index (κ1) is 16.8. The highest BCUT2D eigenvalue weighted by atomic mass is 79.9. The summed E-state index contributed by atoms with van der Waals surface area (Å²) >= 11 is 3.12. The number of aliphatic hydroxyl groups excluding tert-OH is 1. The van der Waals surface area contributed by atoms with Crippen LogP contribution in [0.5, 0.6) is 0 Å². The zero-order valence-electron chi connectivity index (χ0n) is 12.2. The minimum absolute atomic E-state index is 0.0867. The lowest BCUT2D eigenvalue weighted by Crippen LogP contribution is -2.58. The Kier molecular flexibility index (Phi) is 6.21. The lowest BCUT2D eigenvalue weighted by Gasteiger charge is -2.39. The maximum absolute atomic E-state index is 12.1. The van der Waals surface area contributed by atoms with Gasteiger partial charge in [-0.3, -0.25) is 4.79 Å². The van der Waals surface area contributed by atoms with Crippen LogP contribution in [0.4, 0.5) is 4.79 Å². The number of hydrogen-bond donors (Lipinski definition) is 1. The monoisotopic (exact) mass is 370 g/mol. The molecule has 1 aromatic carbocycles. The Labute approximate surface area is 137 Å². The van der Waals surface area contributed by atoms with Gasteiger partial charge in [0.2, 0.25) is 5.91 Å². The Hall–Kier alpha value is -1.60. The van der Waals surface area contributed by atoms with E-state index in [-0.39, 0.29) is 37.0 Å². The minimum atomic E-state index is -0.423. The van der Waals surface area contributed by atoms with Crippen LogP contribution in [0.2, 0.25) is 0 Å². The molecule has 2 rings (SSSR count). The standard InChI is InChI=1S/C15H19BrN2O4/c16-8-14(20)18-7-6-17(9-13(18)10-19)15(21)22-11-12-4-2-1-3-5-12/h1-5,13,19H,6-11H2/t13-/m1/s1. The molecule has 120 valence electrons. The van der Waals surface area contributed by atoms with Crippen LogP contribution in [0.1, 0.15) is 5.56 Å². The zero-order chi connectivity index (χ0) is 15.9. The number of hydrogen-bond acceptors (Lipinski definition) is 4. The topological polar surface area (TPSA) is 70.1 Å². The van der Waals surface area contributed by atoms with Crippen molar-refractivity contribution in [3.8, 4) is 0 Å². The van der Waals surface area contributed by atoms with Crippen molar-refractivity contribution in [3.05, 3.63) is 35.9 Å². The van der Waals surface area contributed by atoms with E-state index in [1.807, 2.05) is 30.3 Å². The Balaban J connectivity index is 1.88. The molecule has 0 saturated carbocycles. The van der Waals surface area contributed by atoms with Crippen molar-refractivity contribution in [2.75, 3.05) is 31.6 Å². The van der Waals surface area contributed by atoms with Crippen molar-refractivity contribution in [1.82, 2.24) is 9.80 Å². The molecule has 1 N–H and O–H groups in total. The molecule has 0 bridgehead atoms. The van der Waals surface area contributed by atoms with Gasteiger partial charge in [0.1, 0.15) is 6.61 Å². The number of alkyl halides is 1. The normalized spacial score (nSPS) is 18.2. The van der Waals surface area contributed by atoms with Crippen LogP contribution in [-0.2, 0) is 16.1 Å². The van der Waals surface area contributed by atoms with Crippen molar-refractivity contribution in [1.29, 1.82) is 0 Å². The maximum Gasteiger partial charge on any atom is 0.410 e. The molecule has 2 amide bonds. The molecular formula is C15H19BrN2O4. The number of rotatable bonds is 4. The van der Waals surface area contributed by atoms with E-state index in [0.717, 1.165) is 5.56 Å². The van der Waals surface area contributed by atoms with Crippen molar-refractivity contribution >= 4 is 27.9 Å². The van der Waals surface area contributed by atoms with Gasteiger partial charge >= 0.3 is 6.09 Å². The fourth-order valence-electron chi connectivity index (χ4n) is 2.39. The van der Waals surface area contributed by atoms with Gasteiger partial charge in [0, 0.05) is 19.6 Å². The van der Waals surface area contributed by atoms with Crippen LogP contribution in [0.25, 0.3) is 0 Å². The molecular weight excluding hydrogens is 352 g/mol. The van der Waals surface area contributed by atoms with Crippen LogP contribution >= 0.6 is 15.9 Å². The predicted molar refractivity (Wildman–Crippen MR) is 84.6 cm³/mol. The first-order valence-corrected chi connectivity index (χ1v) is 8.19. The first-order chi connectivity index (χ1) is 10.7. The molecule has 1 fully saturated rings. The van der Waals surface area contributed by atoms with Gasteiger partial charge in [0.05, 0.1) is 18.0 Å². The summed E-state index contributed by atoms with van der Waals surface area (Å²) in [6.45, 7) is 1.12. The lowest BCUT2D eigenvalue weighted by atomic mass is 10.2. The number of amides is 2. The van der Waals surface area contributed by atoms with E-state index in [2.05, 4.69) is 15.9 Å². The molecule has 22 heavy (non-hydrogen) atoms. The second-order valence-electron chi connectivity index (χ2n) is 5.04. The summed E-state index contributed by atoms with van der Waals surface area (Å²) < 4.78 is 5.28. The number of nitrogens with zero attached hydrogens (tertiary/aromatic N) is 2. The maximum atomic E-state index is 12.1. The van der Waals surface area contributed by atoms with Crippen LogP contribution in [0.15, 0.2) is 30.3 Å². The van der Waals surface area contributed by atoms with Crippen molar-refractivity contribution < 1.29 is 19.4 Å². The number of aliphatic hydroxyl groups is 1. The summed E-state index contributed by atoms with van der Waals surface area (Å²) in [5.41, 5.74) is 0.919. The summed E-state index contributed by atoms with van der Waals surface area (Å²) in [7, 11) is 0. The Bertz CT molecular complexity index is 512. The van der Waals surface area contributed by atoms with Crippen LogP contribution in [0.3, 0.4) is 0 Å². The third-order valence-corrected chi connectivity index (χ3v) is 4.07. The zero-order valence-corrected chi connectivity index (χ0v) is 13.7. The van der Waals surface area contributed by atoms with E-state index in [4.69, 9.17) is 4.74 Å². The van der Waals surface area contributed by atoms with Gasteiger partial charge in [-0.05, 0) is 5.56 Å². The molecule has 0 radical (unpaired) electrons. The summed E-state index contributed by atoms with van der Waals surface area (Å²) in [5, 5.41) is 9.64. The molecule has 7 heteroatoms. The third kappa shape index (κ3) is 4.20. The highest BCUT2D eigenvalue weighted by molar-refractivity contribution is 9.09. The number of carbonyl (C=O) groups is 2. The number of benzene rings is 1. The number of carbonyl (C=O) groups excluding carboxylic acids is 2. The van der Waals surface area contributed by atoms with Crippen LogP contribution in [-0.4, -0.2) is 64.5 Å². The van der Waals surface area contributed by atoms with Gasteiger partial charge in [-0.2, -0.15) is 0 Å². The Morgan fingerprint density at radius 1 is 1.27 bits per heavy atom. The molecule has 1 aliphatic rings. The van der Waals surface area contributed by atoms with Gasteiger partial charge in [0.15, 0.2) is 0 Å². The SMILES string of the molecule is O=C(OCc1ccccc1)N1CCN(C(=O)CBr)[C@@H](CO)C1. The van der Waals surface area contributed by atoms with E-state index in [0.29, 0.717) is 13.1 Å². The number of piperazine rings is 1. The van der Waals surface area contributed by atoms with Gasteiger partial charge in [0.25, 0.3) is 0 Å². The molecule has 0 aliphatic carbocycles. The molecule has 0 aromatic heterocycles. The first-order valence-electron chi connectivity index (χ1n) is 7.07.